The van der Waals surface area contributed by atoms with E-state index in [9.17, 15) is 9.90 Å². The van der Waals surface area contributed by atoms with Crippen molar-refractivity contribution in [1.82, 2.24) is 0 Å². The number of hydrogen-bond donors (Lipinski definition) is 1. The van der Waals surface area contributed by atoms with E-state index < -0.39 is 11.6 Å². The molecule has 112 valence electrons. The molecule has 1 aromatic carbocycles. The Morgan fingerprint density at radius 2 is 1.86 bits per heavy atom. The number of esters is 1. The minimum absolute atomic E-state index is 0.0718. The van der Waals surface area contributed by atoms with Crippen molar-refractivity contribution >= 4 is 5.97 Å². The van der Waals surface area contributed by atoms with Crippen LogP contribution >= 0.6 is 0 Å². The second-order valence-electron chi connectivity index (χ2n) is 4.95. The number of aliphatic hydroxyl groups is 1. The van der Waals surface area contributed by atoms with Gasteiger partial charge in [0.25, 0.3) is 0 Å². The van der Waals surface area contributed by atoms with Crippen molar-refractivity contribution in [2.24, 2.45) is 0 Å². The summed E-state index contributed by atoms with van der Waals surface area (Å²) in [5, 5.41) is 10.6. The van der Waals surface area contributed by atoms with Gasteiger partial charge in [-0.3, -0.25) is 0 Å². The predicted molar refractivity (Wildman–Crippen MR) is 76.3 cm³/mol. The highest BCUT2D eigenvalue weighted by atomic mass is 16.5. The number of furan rings is 1. The van der Waals surface area contributed by atoms with E-state index in [0.29, 0.717) is 12.2 Å². The average molecular weight is 290 g/mol. The third kappa shape index (κ3) is 3.44. The van der Waals surface area contributed by atoms with Gasteiger partial charge in [-0.25, -0.2) is 4.79 Å². The summed E-state index contributed by atoms with van der Waals surface area (Å²) in [7, 11) is 2.88. The van der Waals surface area contributed by atoms with Gasteiger partial charge < -0.3 is 19.0 Å². The van der Waals surface area contributed by atoms with Crippen LogP contribution in [0.25, 0.3) is 0 Å². The fourth-order valence-electron chi connectivity index (χ4n) is 2.07. The van der Waals surface area contributed by atoms with E-state index in [0.717, 1.165) is 11.3 Å². The zero-order valence-corrected chi connectivity index (χ0v) is 12.3. The number of carbonyl (C=O) groups is 1. The first-order valence-corrected chi connectivity index (χ1v) is 6.50. The maximum Gasteiger partial charge on any atom is 0.373 e. The summed E-state index contributed by atoms with van der Waals surface area (Å²) in [6, 6.07) is 10.5. The van der Waals surface area contributed by atoms with Crippen LogP contribution < -0.4 is 4.74 Å². The Morgan fingerprint density at radius 3 is 2.43 bits per heavy atom. The first-order valence-electron chi connectivity index (χ1n) is 6.50. The summed E-state index contributed by atoms with van der Waals surface area (Å²) in [4.78, 5) is 11.4. The van der Waals surface area contributed by atoms with E-state index in [1.54, 1.807) is 20.1 Å². The van der Waals surface area contributed by atoms with Crippen LogP contribution in [0.15, 0.2) is 40.8 Å². The van der Waals surface area contributed by atoms with Crippen molar-refractivity contribution in [3.8, 4) is 5.75 Å². The summed E-state index contributed by atoms with van der Waals surface area (Å²) < 4.78 is 15.0. The first kappa shape index (κ1) is 15.1. The van der Waals surface area contributed by atoms with Crippen molar-refractivity contribution < 1.29 is 23.8 Å². The van der Waals surface area contributed by atoms with Crippen molar-refractivity contribution in [1.29, 1.82) is 0 Å². The molecule has 2 aromatic rings. The minimum Gasteiger partial charge on any atom is -0.497 e. The molecule has 1 aromatic heterocycles. The van der Waals surface area contributed by atoms with Gasteiger partial charge in [0.05, 0.1) is 14.2 Å². The minimum atomic E-state index is -1.22. The van der Waals surface area contributed by atoms with Gasteiger partial charge in [-0.15, -0.1) is 0 Å². The number of methoxy groups -OCH3 is 2. The molecule has 0 fully saturated rings. The van der Waals surface area contributed by atoms with Crippen LogP contribution in [0.5, 0.6) is 5.75 Å². The maximum absolute atomic E-state index is 11.4. The molecule has 21 heavy (non-hydrogen) atoms. The third-order valence-electron chi connectivity index (χ3n) is 3.23. The molecule has 0 saturated carbocycles. The lowest BCUT2D eigenvalue weighted by molar-refractivity contribution is 0.0306. The van der Waals surface area contributed by atoms with Crippen molar-refractivity contribution in [3.05, 3.63) is 53.5 Å². The molecule has 0 spiro atoms. The highest BCUT2D eigenvalue weighted by molar-refractivity contribution is 5.86. The lowest BCUT2D eigenvalue weighted by atomic mass is 9.94. The standard InChI is InChI=1S/C16H18O5/c1-16(18,10-11-4-6-12(19-2)7-5-11)14-9-8-13(21-14)15(17)20-3/h4-9,18H,10H2,1-3H3. The molecule has 0 aliphatic heterocycles. The molecule has 0 aliphatic rings. The van der Waals surface area contributed by atoms with E-state index in [1.165, 1.54) is 13.2 Å². The Hall–Kier alpha value is -2.27. The van der Waals surface area contributed by atoms with Gasteiger partial charge in [-0.05, 0) is 36.8 Å². The summed E-state index contributed by atoms with van der Waals surface area (Å²) >= 11 is 0. The summed E-state index contributed by atoms with van der Waals surface area (Å²) in [6.45, 7) is 1.64. The van der Waals surface area contributed by atoms with Gasteiger partial charge >= 0.3 is 5.97 Å². The maximum atomic E-state index is 11.4. The molecule has 0 radical (unpaired) electrons. The van der Waals surface area contributed by atoms with Crippen LogP contribution in [0.1, 0.15) is 28.8 Å². The van der Waals surface area contributed by atoms with E-state index in [2.05, 4.69) is 4.74 Å². The van der Waals surface area contributed by atoms with Gasteiger partial charge in [-0.1, -0.05) is 12.1 Å². The van der Waals surface area contributed by atoms with Gasteiger partial charge in [0.2, 0.25) is 5.76 Å². The molecule has 1 atom stereocenters. The first-order chi connectivity index (χ1) is 9.96. The number of carbonyl (C=O) groups excluding carboxylic acids is 1. The number of hydrogen-bond acceptors (Lipinski definition) is 5. The number of rotatable bonds is 5. The molecule has 0 amide bonds. The molecular weight excluding hydrogens is 272 g/mol. The van der Waals surface area contributed by atoms with Crippen LogP contribution in [0.3, 0.4) is 0 Å². The Labute approximate surface area is 123 Å². The molecule has 1 unspecified atom stereocenters. The summed E-state index contributed by atoms with van der Waals surface area (Å²) in [5.41, 5.74) is -0.294. The lowest BCUT2D eigenvalue weighted by Crippen LogP contribution is -2.23. The Kier molecular flexibility index (Phi) is 4.33. The summed E-state index contributed by atoms with van der Waals surface area (Å²) in [6.07, 6.45) is 0.352. The zero-order valence-electron chi connectivity index (χ0n) is 12.3. The fourth-order valence-corrected chi connectivity index (χ4v) is 2.07. The zero-order chi connectivity index (χ0) is 15.5. The van der Waals surface area contributed by atoms with Crippen molar-refractivity contribution in [3.63, 3.8) is 0 Å². The number of benzene rings is 1. The highest BCUT2D eigenvalue weighted by Crippen LogP contribution is 2.28. The molecule has 2 rings (SSSR count). The van der Waals surface area contributed by atoms with Crippen LogP contribution in [0.4, 0.5) is 0 Å². The Morgan fingerprint density at radius 1 is 1.19 bits per heavy atom. The Bertz CT molecular complexity index is 610. The molecule has 0 bridgehead atoms. The highest BCUT2D eigenvalue weighted by Gasteiger charge is 2.28. The monoisotopic (exact) mass is 290 g/mol. The van der Waals surface area contributed by atoms with Crippen LogP contribution in [-0.4, -0.2) is 25.3 Å². The average Bonchev–Trinajstić information content (AvgIpc) is 2.97. The molecular formula is C16H18O5. The van der Waals surface area contributed by atoms with Crippen molar-refractivity contribution in [2.75, 3.05) is 14.2 Å². The predicted octanol–water partition coefficient (Wildman–Crippen LogP) is 2.53. The quantitative estimate of drug-likeness (QED) is 0.857. The SMILES string of the molecule is COC(=O)c1ccc(C(C)(O)Cc2ccc(OC)cc2)o1. The summed E-state index contributed by atoms with van der Waals surface area (Å²) in [5.74, 6) is 0.576. The second kappa shape index (κ2) is 6.01. The van der Waals surface area contributed by atoms with Gasteiger partial charge in [0, 0.05) is 6.42 Å². The van der Waals surface area contributed by atoms with Crippen molar-refractivity contribution in [2.45, 2.75) is 18.9 Å². The van der Waals surface area contributed by atoms with E-state index >= 15 is 0 Å². The van der Waals surface area contributed by atoms with E-state index in [-0.39, 0.29) is 5.76 Å². The normalized spacial score (nSPS) is 13.5. The number of ether oxygens (including phenoxy) is 2. The molecule has 5 nitrogen and oxygen atoms in total. The lowest BCUT2D eigenvalue weighted by Gasteiger charge is -2.21. The van der Waals surface area contributed by atoms with Gasteiger partial charge in [0.1, 0.15) is 17.1 Å². The molecule has 1 heterocycles. The van der Waals surface area contributed by atoms with E-state index in [4.69, 9.17) is 9.15 Å². The molecule has 0 saturated heterocycles. The van der Waals surface area contributed by atoms with Gasteiger partial charge in [-0.2, -0.15) is 0 Å². The third-order valence-corrected chi connectivity index (χ3v) is 3.23. The van der Waals surface area contributed by atoms with Crippen LogP contribution in [0.2, 0.25) is 0 Å². The second-order valence-corrected chi connectivity index (χ2v) is 4.95. The topological polar surface area (TPSA) is 68.9 Å². The Balaban J connectivity index is 2.16. The van der Waals surface area contributed by atoms with E-state index in [1.807, 2.05) is 24.3 Å². The van der Waals surface area contributed by atoms with Crippen LogP contribution in [-0.2, 0) is 16.8 Å². The largest absolute Gasteiger partial charge is 0.497 e. The fraction of sp³-hybridized carbons (Fsp3) is 0.312. The molecule has 0 aliphatic carbocycles. The molecule has 1 N–H and O–H groups in total. The smallest absolute Gasteiger partial charge is 0.373 e. The molecule has 5 heteroatoms. The van der Waals surface area contributed by atoms with Crippen LogP contribution in [0, 0.1) is 0 Å². The van der Waals surface area contributed by atoms with Gasteiger partial charge in [0.15, 0.2) is 0 Å².